The lowest BCUT2D eigenvalue weighted by Gasteiger charge is -2.12. The summed E-state index contributed by atoms with van der Waals surface area (Å²) in [5, 5.41) is 2.56. The second-order valence-corrected chi connectivity index (χ2v) is 5.89. The zero-order valence-corrected chi connectivity index (χ0v) is 11.4. The highest BCUT2D eigenvalue weighted by Crippen LogP contribution is 2.28. The van der Waals surface area contributed by atoms with Crippen molar-refractivity contribution in [3.05, 3.63) is 29.1 Å². The molecule has 1 atom stereocenters. The van der Waals surface area contributed by atoms with E-state index >= 15 is 0 Å². The molecule has 11 heteroatoms. The molecule has 1 aromatic carbocycles. The highest BCUT2D eigenvalue weighted by Gasteiger charge is 2.37. The lowest BCUT2D eigenvalue weighted by Crippen LogP contribution is -2.34. The number of carbonyl (C=O) groups is 1. The van der Waals surface area contributed by atoms with Gasteiger partial charge in [0, 0.05) is 0 Å². The highest BCUT2D eigenvalue weighted by atomic mass is 32.2. The largest absolute Gasteiger partial charge is 0.347 e. The minimum atomic E-state index is -5.51. The Morgan fingerprint density at radius 2 is 1.50 bits per heavy atom. The molecule has 0 aliphatic carbocycles. The van der Waals surface area contributed by atoms with Gasteiger partial charge in [-0.15, -0.1) is 0 Å². The van der Waals surface area contributed by atoms with Crippen LogP contribution in [0.15, 0.2) is 4.90 Å². The summed E-state index contributed by atoms with van der Waals surface area (Å²) in [6.07, 6.45) is 0.744. The summed E-state index contributed by atoms with van der Waals surface area (Å²) in [5.74, 6) is -14.0. The maximum atomic E-state index is 13.4. The van der Waals surface area contributed by atoms with E-state index in [1.807, 2.05) is 0 Å². The van der Waals surface area contributed by atoms with Crippen LogP contribution in [0.1, 0.15) is 12.8 Å². The van der Waals surface area contributed by atoms with Crippen LogP contribution in [0.25, 0.3) is 0 Å². The number of benzene rings is 1. The van der Waals surface area contributed by atoms with Crippen molar-refractivity contribution in [3.8, 4) is 0 Å². The van der Waals surface area contributed by atoms with E-state index in [1.165, 1.54) is 0 Å². The van der Waals surface area contributed by atoms with Crippen LogP contribution in [0.4, 0.5) is 22.0 Å². The van der Waals surface area contributed by atoms with Gasteiger partial charge in [-0.2, -0.15) is 8.42 Å². The van der Waals surface area contributed by atoms with E-state index in [0.717, 1.165) is 0 Å². The quantitative estimate of drug-likeness (QED) is 0.388. The summed E-state index contributed by atoms with van der Waals surface area (Å²) in [5.41, 5.74) is 0. The van der Waals surface area contributed by atoms with Crippen LogP contribution in [0, 0.1) is 29.1 Å². The second kappa shape index (κ2) is 5.80. The van der Waals surface area contributed by atoms with Crippen LogP contribution in [-0.2, 0) is 19.1 Å². The van der Waals surface area contributed by atoms with Crippen molar-refractivity contribution in [2.24, 2.45) is 0 Å². The average molecular weight is 345 g/mol. The van der Waals surface area contributed by atoms with Gasteiger partial charge in [0.15, 0.2) is 28.2 Å². The monoisotopic (exact) mass is 345 g/mol. The van der Waals surface area contributed by atoms with Crippen molar-refractivity contribution in [2.75, 3.05) is 6.54 Å². The van der Waals surface area contributed by atoms with Crippen molar-refractivity contribution < 1.29 is 39.3 Å². The van der Waals surface area contributed by atoms with Gasteiger partial charge in [-0.3, -0.25) is 0 Å². The summed E-state index contributed by atoms with van der Waals surface area (Å²) in [7, 11) is -5.51. The Labute approximate surface area is 121 Å². The summed E-state index contributed by atoms with van der Waals surface area (Å²) >= 11 is 0. The SMILES string of the molecule is O=C(OS(=O)(=O)c1c(F)c(F)c(F)c(F)c1F)[C@H]1CCCN1. The molecule has 0 spiro atoms. The molecule has 22 heavy (non-hydrogen) atoms. The zero-order valence-electron chi connectivity index (χ0n) is 10.6. The molecule has 0 amide bonds. The molecule has 0 bridgehead atoms. The van der Waals surface area contributed by atoms with Gasteiger partial charge in [0.1, 0.15) is 6.04 Å². The molecule has 1 fully saturated rings. The van der Waals surface area contributed by atoms with Gasteiger partial charge in [0.2, 0.25) is 5.82 Å². The molecule has 0 unspecified atom stereocenters. The Morgan fingerprint density at radius 3 is 1.95 bits per heavy atom. The van der Waals surface area contributed by atoms with Gasteiger partial charge in [0.25, 0.3) is 0 Å². The van der Waals surface area contributed by atoms with Crippen LogP contribution in [0.5, 0.6) is 0 Å². The second-order valence-electron chi connectivity index (χ2n) is 4.40. The molecule has 1 saturated heterocycles. The van der Waals surface area contributed by atoms with Crippen LogP contribution in [-0.4, -0.2) is 27.0 Å². The molecule has 0 radical (unpaired) electrons. The van der Waals surface area contributed by atoms with Crippen molar-refractivity contribution in [1.82, 2.24) is 5.32 Å². The van der Waals surface area contributed by atoms with Gasteiger partial charge < -0.3 is 9.50 Å². The fourth-order valence-corrected chi connectivity index (χ4v) is 2.93. The summed E-state index contributed by atoms with van der Waals surface area (Å²) in [4.78, 5) is 9.32. The minimum absolute atomic E-state index is 0.214. The standard InChI is InChI=1S/C11H8F5NO4S/c12-5-6(13)8(15)10(9(16)7(5)14)22(19,20)21-11(18)4-2-1-3-17-4/h4,17H,1-3H2/t4-/m1/s1. The Hall–Kier alpha value is -1.75. The van der Waals surface area contributed by atoms with E-state index in [4.69, 9.17) is 0 Å². The Bertz CT molecular complexity index is 701. The smallest absolute Gasteiger partial charge is 0.340 e. The molecule has 0 saturated carbocycles. The molecule has 122 valence electrons. The maximum Gasteiger partial charge on any atom is 0.347 e. The zero-order chi connectivity index (χ0) is 16.7. The van der Waals surface area contributed by atoms with Gasteiger partial charge in [-0.05, 0) is 19.4 Å². The molecule has 2 rings (SSSR count). The van der Waals surface area contributed by atoms with Crippen molar-refractivity contribution in [3.63, 3.8) is 0 Å². The number of rotatable bonds is 3. The summed E-state index contributed by atoms with van der Waals surface area (Å²) < 4.78 is 92.9. The first-order valence-corrected chi connectivity index (χ1v) is 7.30. The molecule has 1 N–H and O–H groups in total. The van der Waals surface area contributed by atoms with E-state index in [0.29, 0.717) is 13.0 Å². The number of nitrogens with one attached hydrogen (secondary N) is 1. The van der Waals surface area contributed by atoms with Gasteiger partial charge >= 0.3 is 16.1 Å². The molecule has 1 heterocycles. The first-order valence-electron chi connectivity index (χ1n) is 5.90. The van der Waals surface area contributed by atoms with Gasteiger partial charge in [-0.25, -0.2) is 26.7 Å². The van der Waals surface area contributed by atoms with E-state index in [9.17, 15) is 35.2 Å². The first kappa shape index (κ1) is 16.6. The van der Waals surface area contributed by atoms with Crippen LogP contribution >= 0.6 is 0 Å². The number of hydrogen-bond acceptors (Lipinski definition) is 5. The summed E-state index contributed by atoms with van der Waals surface area (Å²) in [6, 6.07) is -1.03. The molecule has 1 aromatic rings. The molecule has 1 aliphatic rings. The predicted molar refractivity (Wildman–Crippen MR) is 60.5 cm³/mol. The Balaban J connectivity index is 2.44. The molecule has 1 aliphatic heterocycles. The van der Waals surface area contributed by atoms with Crippen molar-refractivity contribution in [2.45, 2.75) is 23.8 Å². The average Bonchev–Trinajstić information content (AvgIpc) is 2.96. The summed E-state index contributed by atoms with van der Waals surface area (Å²) in [6.45, 7) is 0.391. The molecule has 5 nitrogen and oxygen atoms in total. The third kappa shape index (κ3) is 2.77. The number of halogens is 5. The minimum Gasteiger partial charge on any atom is -0.340 e. The molecular formula is C11H8F5NO4S. The Morgan fingerprint density at radius 1 is 1.00 bits per heavy atom. The number of hydrogen-bond donors (Lipinski definition) is 1. The van der Waals surface area contributed by atoms with E-state index in [1.54, 1.807) is 0 Å². The fraction of sp³-hybridized carbons (Fsp3) is 0.364. The van der Waals surface area contributed by atoms with Crippen molar-refractivity contribution >= 4 is 16.1 Å². The molecular weight excluding hydrogens is 337 g/mol. The van der Waals surface area contributed by atoms with E-state index in [-0.39, 0.29) is 6.42 Å². The lowest BCUT2D eigenvalue weighted by molar-refractivity contribution is -0.135. The molecule has 0 aromatic heterocycles. The predicted octanol–water partition coefficient (Wildman–Crippen LogP) is 1.37. The Kier molecular flexibility index (Phi) is 4.38. The van der Waals surface area contributed by atoms with Crippen LogP contribution < -0.4 is 5.32 Å². The van der Waals surface area contributed by atoms with Gasteiger partial charge in [0.05, 0.1) is 0 Å². The fourth-order valence-electron chi connectivity index (χ4n) is 1.90. The van der Waals surface area contributed by atoms with Crippen LogP contribution in [0.3, 0.4) is 0 Å². The van der Waals surface area contributed by atoms with Crippen LogP contribution in [0.2, 0.25) is 0 Å². The lowest BCUT2D eigenvalue weighted by atomic mass is 10.2. The van der Waals surface area contributed by atoms with Gasteiger partial charge in [-0.1, -0.05) is 0 Å². The third-order valence-corrected chi connectivity index (χ3v) is 4.20. The third-order valence-electron chi connectivity index (χ3n) is 2.96. The van der Waals surface area contributed by atoms with Crippen molar-refractivity contribution in [1.29, 1.82) is 0 Å². The highest BCUT2D eigenvalue weighted by molar-refractivity contribution is 7.87. The number of carbonyl (C=O) groups excluding carboxylic acids is 1. The van der Waals surface area contributed by atoms with E-state index < -0.39 is 56.1 Å². The normalized spacial score (nSPS) is 18.5. The topological polar surface area (TPSA) is 72.5 Å². The maximum absolute atomic E-state index is 13.4. The first-order chi connectivity index (χ1) is 10.2. The van der Waals surface area contributed by atoms with E-state index in [2.05, 4.69) is 9.50 Å².